The second kappa shape index (κ2) is 4.87. The van der Waals surface area contributed by atoms with Crippen molar-refractivity contribution >= 4 is 6.03 Å². The number of nitrogens with one attached hydrogen (secondary N) is 1. The van der Waals surface area contributed by atoms with Crippen LogP contribution in [0.25, 0.3) is 0 Å². The van der Waals surface area contributed by atoms with E-state index in [1.165, 1.54) is 0 Å². The molecule has 1 fully saturated rings. The summed E-state index contributed by atoms with van der Waals surface area (Å²) in [4.78, 5) is 14.3. The van der Waals surface area contributed by atoms with Crippen LogP contribution in [-0.4, -0.2) is 28.2 Å². The fourth-order valence-electron chi connectivity index (χ4n) is 2.67. The third-order valence-electron chi connectivity index (χ3n) is 3.42. The number of nitrogens with zero attached hydrogens (tertiary/aromatic N) is 2. The molecule has 0 aliphatic carbocycles. The molecule has 1 unspecified atom stereocenters. The molecule has 0 spiro atoms. The normalized spacial score (nSPS) is 19.8. The van der Waals surface area contributed by atoms with E-state index in [-0.39, 0.29) is 17.6 Å². The first-order valence-corrected chi connectivity index (χ1v) is 6.81. The van der Waals surface area contributed by atoms with Gasteiger partial charge in [-0.25, -0.2) is 4.79 Å². The molecule has 2 heterocycles. The third-order valence-corrected chi connectivity index (χ3v) is 3.42. The number of rotatable bonds is 1. The highest BCUT2D eigenvalue weighted by atomic mass is 16.5. The first kappa shape index (κ1) is 13.9. The van der Waals surface area contributed by atoms with Crippen LogP contribution in [0, 0.1) is 13.8 Å². The van der Waals surface area contributed by atoms with Crippen LogP contribution in [0.3, 0.4) is 0 Å². The van der Waals surface area contributed by atoms with Gasteiger partial charge in [-0.15, -0.1) is 0 Å². The standard InChI is InChI=1S/C14H23N3O2/c1-9-12(10(2)19-16-9)11-7-6-8-17(11)13(18)15-14(3,4)5/h11H,6-8H2,1-5H3,(H,15,18). The van der Waals surface area contributed by atoms with Crippen LogP contribution in [0.1, 0.15) is 56.7 Å². The maximum Gasteiger partial charge on any atom is 0.318 e. The Hall–Kier alpha value is -1.52. The molecule has 2 rings (SSSR count). The van der Waals surface area contributed by atoms with Crippen molar-refractivity contribution in [3.8, 4) is 0 Å². The summed E-state index contributed by atoms with van der Waals surface area (Å²) in [6.45, 7) is 10.6. The number of aromatic nitrogens is 1. The number of carbonyl (C=O) groups is 1. The van der Waals surface area contributed by atoms with Crippen molar-refractivity contribution in [2.75, 3.05) is 6.54 Å². The van der Waals surface area contributed by atoms with Gasteiger partial charge in [0.25, 0.3) is 0 Å². The SMILES string of the molecule is Cc1noc(C)c1C1CCCN1C(=O)NC(C)(C)C. The van der Waals surface area contributed by atoms with Crippen LogP contribution in [0.5, 0.6) is 0 Å². The second-order valence-electron chi connectivity index (χ2n) is 6.27. The van der Waals surface area contributed by atoms with Crippen LogP contribution < -0.4 is 5.32 Å². The molecule has 5 heteroatoms. The van der Waals surface area contributed by atoms with Gasteiger partial charge in [0.2, 0.25) is 0 Å². The van der Waals surface area contributed by atoms with Crippen molar-refractivity contribution in [1.29, 1.82) is 0 Å². The maximum atomic E-state index is 12.4. The molecule has 2 amide bonds. The molecule has 1 aliphatic heterocycles. The highest BCUT2D eigenvalue weighted by molar-refractivity contribution is 5.76. The molecule has 0 saturated carbocycles. The van der Waals surface area contributed by atoms with Gasteiger partial charge in [-0.1, -0.05) is 5.16 Å². The Bertz CT molecular complexity index is 454. The minimum absolute atomic E-state index is 0.00463. The van der Waals surface area contributed by atoms with Crippen LogP contribution in [0.4, 0.5) is 4.79 Å². The number of carbonyl (C=O) groups excluding carboxylic acids is 1. The van der Waals surface area contributed by atoms with Gasteiger partial charge in [0.05, 0.1) is 11.7 Å². The van der Waals surface area contributed by atoms with E-state index in [1.807, 2.05) is 39.5 Å². The number of amides is 2. The second-order valence-corrected chi connectivity index (χ2v) is 6.27. The fraction of sp³-hybridized carbons (Fsp3) is 0.714. The van der Waals surface area contributed by atoms with Gasteiger partial charge in [0.15, 0.2) is 0 Å². The molecule has 1 aromatic rings. The molecular weight excluding hydrogens is 242 g/mol. The Balaban J connectivity index is 2.20. The molecule has 0 bridgehead atoms. The van der Waals surface area contributed by atoms with Crippen molar-refractivity contribution in [3.63, 3.8) is 0 Å². The Labute approximate surface area is 114 Å². The Kier molecular flexibility index (Phi) is 3.56. The van der Waals surface area contributed by atoms with E-state index in [0.717, 1.165) is 36.4 Å². The molecule has 1 atom stereocenters. The Morgan fingerprint density at radius 1 is 1.42 bits per heavy atom. The number of hydrogen-bond donors (Lipinski definition) is 1. The van der Waals surface area contributed by atoms with Gasteiger partial charge in [-0.3, -0.25) is 0 Å². The number of hydrogen-bond acceptors (Lipinski definition) is 3. The third kappa shape index (κ3) is 2.91. The highest BCUT2D eigenvalue weighted by Gasteiger charge is 2.34. The summed E-state index contributed by atoms with van der Waals surface area (Å²) in [5.74, 6) is 0.818. The van der Waals surface area contributed by atoms with E-state index in [2.05, 4.69) is 10.5 Å². The molecular formula is C14H23N3O2. The zero-order chi connectivity index (χ0) is 14.2. The number of urea groups is 1. The molecule has 0 radical (unpaired) electrons. The smallest absolute Gasteiger partial charge is 0.318 e. The van der Waals surface area contributed by atoms with E-state index >= 15 is 0 Å². The van der Waals surface area contributed by atoms with Crippen LogP contribution in [-0.2, 0) is 0 Å². The average molecular weight is 265 g/mol. The van der Waals surface area contributed by atoms with Gasteiger partial charge >= 0.3 is 6.03 Å². The maximum absolute atomic E-state index is 12.4. The van der Waals surface area contributed by atoms with Crippen molar-refractivity contribution in [2.45, 2.75) is 59.0 Å². The van der Waals surface area contributed by atoms with Crippen LogP contribution in [0.15, 0.2) is 4.52 Å². The summed E-state index contributed by atoms with van der Waals surface area (Å²) in [6.07, 6.45) is 1.99. The Morgan fingerprint density at radius 3 is 2.63 bits per heavy atom. The molecule has 1 aromatic heterocycles. The van der Waals surface area contributed by atoms with E-state index in [4.69, 9.17) is 4.52 Å². The summed E-state index contributed by atoms with van der Waals surface area (Å²) in [7, 11) is 0. The summed E-state index contributed by atoms with van der Waals surface area (Å²) >= 11 is 0. The predicted octanol–water partition coefficient (Wildman–Crippen LogP) is 2.94. The summed E-state index contributed by atoms with van der Waals surface area (Å²) in [5, 5.41) is 7.02. The van der Waals surface area contributed by atoms with E-state index in [1.54, 1.807) is 0 Å². The lowest BCUT2D eigenvalue weighted by molar-refractivity contribution is 0.183. The fourth-order valence-corrected chi connectivity index (χ4v) is 2.67. The van der Waals surface area contributed by atoms with E-state index in [0.29, 0.717) is 0 Å². The molecule has 1 aliphatic rings. The molecule has 19 heavy (non-hydrogen) atoms. The molecule has 0 aromatic carbocycles. The lowest BCUT2D eigenvalue weighted by atomic mass is 10.0. The summed E-state index contributed by atoms with van der Waals surface area (Å²) < 4.78 is 5.23. The monoisotopic (exact) mass is 265 g/mol. The average Bonchev–Trinajstić information content (AvgIpc) is 2.83. The molecule has 106 valence electrons. The van der Waals surface area contributed by atoms with Crippen molar-refractivity contribution in [2.24, 2.45) is 0 Å². The minimum atomic E-state index is -0.219. The van der Waals surface area contributed by atoms with Crippen molar-refractivity contribution in [3.05, 3.63) is 17.0 Å². The van der Waals surface area contributed by atoms with Gasteiger partial charge < -0.3 is 14.7 Å². The number of aryl methyl sites for hydroxylation is 2. The quantitative estimate of drug-likeness (QED) is 0.849. The molecule has 1 saturated heterocycles. The largest absolute Gasteiger partial charge is 0.361 e. The zero-order valence-corrected chi connectivity index (χ0v) is 12.4. The molecule has 5 nitrogen and oxygen atoms in total. The van der Waals surface area contributed by atoms with Gasteiger partial charge in [-0.05, 0) is 47.5 Å². The van der Waals surface area contributed by atoms with E-state index < -0.39 is 0 Å². The zero-order valence-electron chi connectivity index (χ0n) is 12.4. The van der Waals surface area contributed by atoms with Gasteiger partial charge in [-0.2, -0.15) is 0 Å². The Morgan fingerprint density at radius 2 is 2.11 bits per heavy atom. The topological polar surface area (TPSA) is 58.4 Å². The van der Waals surface area contributed by atoms with E-state index in [9.17, 15) is 4.79 Å². The molecule has 1 N–H and O–H groups in total. The van der Waals surface area contributed by atoms with Crippen LogP contribution in [0.2, 0.25) is 0 Å². The number of likely N-dealkylation sites (tertiary alicyclic amines) is 1. The minimum Gasteiger partial charge on any atom is -0.361 e. The lowest BCUT2D eigenvalue weighted by Crippen LogP contribution is -2.48. The van der Waals surface area contributed by atoms with Gasteiger partial charge in [0, 0.05) is 17.6 Å². The highest BCUT2D eigenvalue weighted by Crippen LogP contribution is 2.35. The predicted molar refractivity (Wildman–Crippen MR) is 72.9 cm³/mol. The van der Waals surface area contributed by atoms with Crippen molar-refractivity contribution < 1.29 is 9.32 Å². The summed E-state index contributed by atoms with van der Waals surface area (Å²) in [5.41, 5.74) is 1.74. The van der Waals surface area contributed by atoms with Gasteiger partial charge in [0.1, 0.15) is 5.76 Å². The first-order valence-electron chi connectivity index (χ1n) is 6.81. The lowest BCUT2D eigenvalue weighted by Gasteiger charge is -2.29. The van der Waals surface area contributed by atoms with Crippen LogP contribution >= 0.6 is 0 Å². The first-order chi connectivity index (χ1) is 8.79. The van der Waals surface area contributed by atoms with Crippen molar-refractivity contribution in [1.82, 2.24) is 15.4 Å². The summed E-state index contributed by atoms with van der Waals surface area (Å²) in [6, 6.07) is 0.0867.